The molecule has 1 heterocycles. The molecule has 1 unspecified atom stereocenters. The fourth-order valence-electron chi connectivity index (χ4n) is 3.05. The first-order chi connectivity index (χ1) is 16.4. The molecule has 0 spiro atoms. The number of benzene rings is 1. The van der Waals surface area contributed by atoms with E-state index < -0.39 is 0 Å². The maximum Gasteiger partial charge on any atom is 2.00 e. The predicted molar refractivity (Wildman–Crippen MR) is 160 cm³/mol. The summed E-state index contributed by atoms with van der Waals surface area (Å²) in [5, 5.41) is 9.47. The van der Waals surface area contributed by atoms with Crippen molar-refractivity contribution in [3.05, 3.63) is 60.6 Å². The molecule has 0 saturated heterocycles. The van der Waals surface area contributed by atoms with Gasteiger partial charge in [-0.25, -0.2) is 4.39 Å². The van der Waals surface area contributed by atoms with Gasteiger partial charge in [-0.15, -0.1) is 0 Å². The summed E-state index contributed by atoms with van der Waals surface area (Å²) in [6.07, 6.45) is 9.65. The van der Waals surface area contributed by atoms with Crippen LogP contribution in [0.2, 0.25) is 0 Å². The normalized spacial score (nSPS) is 16.9. The van der Waals surface area contributed by atoms with Crippen molar-refractivity contribution >= 4 is 45.3 Å². The SMILES string of the molecule is CC(C)C(C)(C)C.CN=C(/C=C(\C)Nc1ccc2c(c1F)CNS2)C1C[CH-]CC1.[B]/C=C(/[B])[C-]=N.[CH3-].[Cs+].[U+2]. The molecule has 1 atom stereocenters. The van der Waals surface area contributed by atoms with E-state index in [0.29, 0.717) is 23.6 Å². The van der Waals surface area contributed by atoms with Gasteiger partial charge in [0, 0.05) is 35.5 Å². The van der Waals surface area contributed by atoms with Crippen molar-refractivity contribution in [2.24, 2.45) is 22.2 Å². The van der Waals surface area contributed by atoms with Crippen LogP contribution in [0.3, 0.4) is 0 Å². The van der Waals surface area contributed by atoms with E-state index in [4.69, 9.17) is 21.1 Å². The maximum atomic E-state index is 14.5. The minimum atomic E-state index is -0.160. The third-order valence-electron chi connectivity index (χ3n) is 6.23. The Balaban J connectivity index is -0.000000647. The molecule has 3 N–H and O–H groups in total. The Morgan fingerprint density at radius 3 is 2.39 bits per heavy atom. The minimum Gasteiger partial charge on any atom is -0.412 e. The van der Waals surface area contributed by atoms with Gasteiger partial charge in [-0.05, 0) is 62.2 Å². The molecule has 3 rings (SSSR count). The standard InChI is InChI=1S/C17H21FN3S.C7H16.C3H2B2N.CH3.Cs.U/c1-11(9-15(19-2)12-5-3-4-6-12)21-14-7-8-16-13(17(14)18)10-20-22-16;1-6(2)7(3,4)5;4-1-3(5)2-6;;;/h3,7-9,12,20-21H,4-6,10H2,1-2H3;6H,1-5H3;1,6H;1H3;;/q-1;;2*-1;+1;+2/b11-9+,19-15?;;3-1+;;;. The average molecular weight is 878 g/mol. The van der Waals surface area contributed by atoms with E-state index in [1.807, 2.05) is 32.3 Å². The van der Waals surface area contributed by atoms with E-state index in [1.54, 1.807) is 6.07 Å². The van der Waals surface area contributed by atoms with E-state index in [2.05, 4.69) is 56.1 Å². The Hall–Kier alpha value is 1.31. The van der Waals surface area contributed by atoms with Crippen LogP contribution in [0.4, 0.5) is 10.1 Å². The first kappa shape index (κ1) is 43.8. The number of nitrogens with one attached hydrogen (secondary N) is 3. The van der Waals surface area contributed by atoms with Crippen LogP contribution in [-0.2, 0) is 6.54 Å². The molecule has 0 aromatic heterocycles. The molecule has 1 aliphatic heterocycles. The Bertz CT molecular complexity index is 928. The van der Waals surface area contributed by atoms with Crippen LogP contribution in [0, 0.1) is 73.4 Å². The molecule has 10 heteroatoms. The van der Waals surface area contributed by atoms with Gasteiger partial charge in [-0.1, -0.05) is 41.0 Å². The van der Waals surface area contributed by atoms with Crippen LogP contribution in [0.15, 0.2) is 45.2 Å². The van der Waals surface area contributed by atoms with E-state index in [0.717, 1.165) is 53.0 Å². The third kappa shape index (κ3) is 16.1. The Labute approximate surface area is 322 Å². The first-order valence-corrected chi connectivity index (χ1v) is 12.8. The van der Waals surface area contributed by atoms with Crippen molar-refractivity contribution in [3.8, 4) is 0 Å². The van der Waals surface area contributed by atoms with Crippen LogP contribution in [-0.4, -0.2) is 34.7 Å². The van der Waals surface area contributed by atoms with Gasteiger partial charge in [-0.3, -0.25) is 21.2 Å². The van der Waals surface area contributed by atoms with Gasteiger partial charge in [0.2, 0.25) is 0 Å². The predicted octanol–water partition coefficient (Wildman–Crippen LogP) is 4.16. The zero-order chi connectivity index (χ0) is 26.6. The molecule has 0 amide bonds. The van der Waals surface area contributed by atoms with E-state index in [-0.39, 0.29) is 119 Å². The number of halogens is 1. The molecule has 1 aliphatic carbocycles. The van der Waals surface area contributed by atoms with Crippen LogP contribution in [0.5, 0.6) is 0 Å². The topological polar surface area (TPSA) is 60.3 Å². The van der Waals surface area contributed by atoms with Crippen molar-refractivity contribution in [1.82, 2.24) is 4.72 Å². The number of aliphatic imine (C=N–C) groups is 1. The monoisotopic (exact) mass is 878 g/mol. The first-order valence-electron chi connectivity index (χ1n) is 12.0. The Morgan fingerprint density at radius 1 is 1.37 bits per heavy atom. The van der Waals surface area contributed by atoms with Gasteiger partial charge < -0.3 is 24.6 Å². The molecule has 198 valence electrons. The second-order valence-electron chi connectivity index (χ2n) is 9.99. The fraction of sp³-hybridized carbons (Fsp3) is 0.500. The molecular formula is C28H42B2CsFN4SU. The maximum absolute atomic E-state index is 14.5. The molecule has 38 heavy (non-hydrogen) atoms. The van der Waals surface area contributed by atoms with Crippen molar-refractivity contribution in [2.75, 3.05) is 12.4 Å². The number of nitrogens with zero attached hydrogens (tertiary/aromatic N) is 1. The van der Waals surface area contributed by atoms with Gasteiger partial charge in [0.05, 0.1) is 13.5 Å². The van der Waals surface area contributed by atoms with Crippen molar-refractivity contribution < 1.29 is 104 Å². The molecule has 4 radical (unpaired) electrons. The number of anilines is 1. The van der Waals surface area contributed by atoms with Gasteiger partial charge in [0.15, 0.2) is 5.82 Å². The summed E-state index contributed by atoms with van der Waals surface area (Å²) in [6.45, 7) is 13.8. The second-order valence-corrected chi connectivity index (χ2v) is 10.9. The number of allylic oxidation sites excluding steroid dienone is 3. The molecule has 2 aliphatic rings. The molecule has 1 saturated carbocycles. The number of rotatable bonds is 5. The summed E-state index contributed by atoms with van der Waals surface area (Å²) >= 11 is 1.49. The van der Waals surface area contributed by atoms with Crippen molar-refractivity contribution in [3.63, 3.8) is 0 Å². The van der Waals surface area contributed by atoms with E-state index in [1.165, 1.54) is 11.9 Å². The molecule has 1 aromatic rings. The number of hydrogen-bond acceptors (Lipinski definition) is 5. The molecule has 1 aromatic carbocycles. The molecular weight excluding hydrogens is 836 g/mol. The smallest absolute Gasteiger partial charge is 0.412 e. The summed E-state index contributed by atoms with van der Waals surface area (Å²) in [5.41, 5.74) is 3.96. The average Bonchev–Trinajstić information content (AvgIpc) is 3.51. The number of fused-ring (bicyclic) bond motifs is 1. The van der Waals surface area contributed by atoms with E-state index in [9.17, 15) is 4.39 Å². The van der Waals surface area contributed by atoms with Crippen molar-refractivity contribution in [2.45, 2.75) is 72.2 Å². The Kier molecular flexibility index (Phi) is 26.3. The summed E-state index contributed by atoms with van der Waals surface area (Å²) in [7, 11) is 11.6. The number of hydrogen-bond donors (Lipinski definition) is 3. The van der Waals surface area contributed by atoms with Gasteiger partial charge in [-0.2, -0.15) is 19.1 Å². The van der Waals surface area contributed by atoms with Gasteiger partial charge in [0.25, 0.3) is 0 Å². The summed E-state index contributed by atoms with van der Waals surface area (Å²) in [5.74, 6) is 2.26. The Morgan fingerprint density at radius 2 is 1.97 bits per heavy atom. The zero-order valence-electron chi connectivity index (χ0n) is 24.8. The minimum absolute atomic E-state index is 0. The summed E-state index contributed by atoms with van der Waals surface area (Å²) in [4.78, 5) is 5.38. The summed E-state index contributed by atoms with van der Waals surface area (Å²) < 4.78 is 17.6. The van der Waals surface area contributed by atoms with Crippen molar-refractivity contribution in [1.29, 1.82) is 5.41 Å². The third-order valence-corrected chi connectivity index (χ3v) is 7.12. The largest absolute Gasteiger partial charge is 2.00 e. The van der Waals surface area contributed by atoms with Crippen LogP contribution < -0.4 is 78.9 Å². The molecule has 1 fully saturated rings. The van der Waals surface area contributed by atoms with Gasteiger partial charge in [0.1, 0.15) is 0 Å². The van der Waals surface area contributed by atoms with Gasteiger partial charge >= 0.3 is 100 Å². The molecule has 0 bridgehead atoms. The van der Waals surface area contributed by atoms with E-state index >= 15 is 0 Å². The molecule has 4 nitrogen and oxygen atoms in total. The second kappa shape index (κ2) is 22.9. The van der Waals surface area contributed by atoms with Crippen LogP contribution >= 0.6 is 11.9 Å². The quantitative estimate of drug-likeness (QED) is 0.181. The van der Waals surface area contributed by atoms with Crippen LogP contribution in [0.25, 0.3) is 0 Å². The van der Waals surface area contributed by atoms with Crippen LogP contribution in [0.1, 0.15) is 66.4 Å². The summed E-state index contributed by atoms with van der Waals surface area (Å²) in [6, 6.07) is 3.76. The fourth-order valence-corrected chi connectivity index (χ4v) is 3.84. The zero-order valence-corrected chi connectivity index (χ0v) is 36.0.